The second-order valence-electron chi connectivity index (χ2n) is 6.67. The summed E-state index contributed by atoms with van der Waals surface area (Å²) in [4.78, 5) is 30.5. The Kier molecular flexibility index (Phi) is 4.98. The van der Waals surface area contributed by atoms with Crippen molar-refractivity contribution in [2.24, 2.45) is 0 Å². The summed E-state index contributed by atoms with van der Waals surface area (Å²) in [7, 11) is 0. The molecule has 1 fully saturated rings. The second kappa shape index (κ2) is 6.95. The van der Waals surface area contributed by atoms with Gasteiger partial charge in [-0.1, -0.05) is 0 Å². The van der Waals surface area contributed by atoms with E-state index in [4.69, 9.17) is 4.74 Å². The maximum Gasteiger partial charge on any atom is 0.438 e. The van der Waals surface area contributed by atoms with Gasteiger partial charge in [0.1, 0.15) is 6.04 Å². The summed E-state index contributed by atoms with van der Waals surface area (Å²) in [6, 6.07) is 2.01. The molecule has 6 nitrogen and oxygen atoms in total. The molecule has 3 rings (SSSR count). The van der Waals surface area contributed by atoms with Gasteiger partial charge in [-0.15, -0.1) is 0 Å². The fourth-order valence-corrected chi connectivity index (χ4v) is 3.19. The number of benzene rings is 1. The third-order valence-corrected chi connectivity index (χ3v) is 4.84. The minimum Gasteiger partial charge on any atom is -0.378 e. The number of aromatic nitrogens is 2. The molecule has 27 heavy (non-hydrogen) atoms. The van der Waals surface area contributed by atoms with Crippen molar-refractivity contribution >= 4 is 16.9 Å². The van der Waals surface area contributed by atoms with Gasteiger partial charge in [-0.3, -0.25) is 14.2 Å². The van der Waals surface area contributed by atoms with Crippen LogP contribution >= 0.6 is 0 Å². The number of nitrogens with zero attached hydrogens (tertiary/aromatic N) is 3. The van der Waals surface area contributed by atoms with Crippen LogP contribution in [0, 0.1) is 13.8 Å². The lowest BCUT2D eigenvalue weighted by Crippen LogP contribution is -2.46. The Morgan fingerprint density at radius 3 is 2.37 bits per heavy atom. The van der Waals surface area contributed by atoms with Crippen LogP contribution < -0.4 is 5.56 Å². The van der Waals surface area contributed by atoms with Crippen LogP contribution in [0.3, 0.4) is 0 Å². The Morgan fingerprint density at radius 1 is 1.19 bits per heavy atom. The highest BCUT2D eigenvalue weighted by atomic mass is 19.4. The topological polar surface area (TPSA) is 64.4 Å². The molecule has 9 heteroatoms. The fourth-order valence-electron chi connectivity index (χ4n) is 3.19. The van der Waals surface area contributed by atoms with Crippen LogP contribution in [0.15, 0.2) is 16.9 Å². The van der Waals surface area contributed by atoms with Gasteiger partial charge in [-0.25, -0.2) is 4.98 Å². The normalized spacial score (nSPS) is 16.6. The number of alkyl halides is 3. The van der Waals surface area contributed by atoms with Crippen molar-refractivity contribution in [2.45, 2.75) is 33.0 Å². The number of fused-ring (bicyclic) bond motifs is 1. The fraction of sp³-hybridized carbons (Fsp3) is 0.500. The van der Waals surface area contributed by atoms with Gasteiger partial charge in [0.15, 0.2) is 0 Å². The van der Waals surface area contributed by atoms with Gasteiger partial charge >= 0.3 is 6.18 Å². The van der Waals surface area contributed by atoms with Crippen molar-refractivity contribution in [3.63, 3.8) is 0 Å². The third kappa shape index (κ3) is 3.55. The van der Waals surface area contributed by atoms with Gasteiger partial charge in [-0.2, -0.15) is 13.2 Å². The van der Waals surface area contributed by atoms with Crippen molar-refractivity contribution in [3.05, 3.63) is 39.3 Å². The largest absolute Gasteiger partial charge is 0.438 e. The van der Waals surface area contributed by atoms with E-state index in [9.17, 15) is 22.8 Å². The molecule has 1 saturated heterocycles. The average molecular weight is 383 g/mol. The third-order valence-electron chi connectivity index (χ3n) is 4.84. The van der Waals surface area contributed by atoms with Crippen molar-refractivity contribution in [2.75, 3.05) is 26.3 Å². The molecule has 2 heterocycles. The van der Waals surface area contributed by atoms with Crippen molar-refractivity contribution in [1.82, 2.24) is 14.5 Å². The first-order valence-electron chi connectivity index (χ1n) is 8.58. The van der Waals surface area contributed by atoms with Gasteiger partial charge in [0.25, 0.3) is 5.56 Å². The molecular formula is C18H20F3N3O3. The summed E-state index contributed by atoms with van der Waals surface area (Å²) in [6.07, 6.45) is -4.91. The number of morpholine rings is 1. The maximum absolute atomic E-state index is 13.4. The van der Waals surface area contributed by atoms with E-state index >= 15 is 0 Å². The van der Waals surface area contributed by atoms with Gasteiger partial charge in [-0.05, 0) is 44.0 Å². The molecule has 0 aliphatic carbocycles. The summed E-state index contributed by atoms with van der Waals surface area (Å²) >= 11 is 0. The zero-order valence-corrected chi connectivity index (χ0v) is 15.3. The number of amides is 1. The predicted octanol–water partition coefficient (Wildman–Crippen LogP) is 2.45. The summed E-state index contributed by atoms with van der Waals surface area (Å²) in [5.41, 5.74) is -1.03. The van der Waals surface area contributed by atoms with E-state index in [0.29, 0.717) is 26.3 Å². The first-order chi connectivity index (χ1) is 12.6. The van der Waals surface area contributed by atoms with Gasteiger partial charge < -0.3 is 9.64 Å². The Morgan fingerprint density at radius 2 is 1.78 bits per heavy atom. The predicted molar refractivity (Wildman–Crippen MR) is 92.6 cm³/mol. The highest BCUT2D eigenvalue weighted by Gasteiger charge is 2.39. The molecule has 0 spiro atoms. The number of carbonyl (C=O) groups is 1. The Labute approximate surface area is 153 Å². The summed E-state index contributed by atoms with van der Waals surface area (Å²) < 4.78 is 46.2. The van der Waals surface area contributed by atoms with Crippen molar-refractivity contribution in [1.29, 1.82) is 0 Å². The molecule has 1 aliphatic heterocycles. The van der Waals surface area contributed by atoms with E-state index < -0.39 is 29.4 Å². The van der Waals surface area contributed by atoms with Crippen LogP contribution in [-0.2, 0) is 15.7 Å². The summed E-state index contributed by atoms with van der Waals surface area (Å²) in [6.45, 7) is 6.37. The number of aryl methyl sites for hydroxylation is 2. The molecule has 1 atom stereocenters. The number of halogens is 3. The average Bonchev–Trinajstić information content (AvgIpc) is 2.61. The lowest BCUT2D eigenvalue weighted by atomic mass is 10.1. The number of hydrogen-bond donors (Lipinski definition) is 0. The first-order valence-corrected chi connectivity index (χ1v) is 8.58. The van der Waals surface area contributed by atoms with Crippen LogP contribution in [0.5, 0.6) is 0 Å². The molecule has 1 aromatic carbocycles. The Bertz CT molecular complexity index is 947. The SMILES string of the molecule is Cc1cc2nc(C(F)(F)F)c(=O)n([C@@H](C)C(=O)N3CCOCC3)c2cc1C. The molecule has 1 amide bonds. The Balaban J connectivity index is 2.22. The molecular weight excluding hydrogens is 363 g/mol. The molecule has 0 bridgehead atoms. The van der Waals surface area contributed by atoms with Crippen molar-refractivity contribution < 1.29 is 22.7 Å². The highest BCUT2D eigenvalue weighted by Crippen LogP contribution is 2.28. The molecule has 0 N–H and O–H groups in total. The molecule has 0 radical (unpaired) electrons. The van der Waals surface area contributed by atoms with Gasteiger partial charge in [0.05, 0.1) is 24.2 Å². The van der Waals surface area contributed by atoms with E-state index in [1.165, 1.54) is 17.9 Å². The lowest BCUT2D eigenvalue weighted by Gasteiger charge is -2.30. The first kappa shape index (κ1) is 19.3. The minimum absolute atomic E-state index is 0.0339. The van der Waals surface area contributed by atoms with Gasteiger partial charge in [0, 0.05) is 13.1 Å². The number of hydrogen-bond acceptors (Lipinski definition) is 4. The molecule has 146 valence electrons. The maximum atomic E-state index is 13.4. The highest BCUT2D eigenvalue weighted by molar-refractivity contribution is 5.84. The zero-order valence-electron chi connectivity index (χ0n) is 15.3. The van der Waals surface area contributed by atoms with E-state index in [2.05, 4.69) is 4.98 Å². The smallest absolute Gasteiger partial charge is 0.378 e. The van der Waals surface area contributed by atoms with Crippen LogP contribution in [-0.4, -0.2) is 46.7 Å². The van der Waals surface area contributed by atoms with Crippen molar-refractivity contribution in [3.8, 4) is 0 Å². The monoisotopic (exact) mass is 383 g/mol. The molecule has 1 aliphatic rings. The molecule has 0 unspecified atom stereocenters. The second-order valence-corrected chi connectivity index (χ2v) is 6.67. The van der Waals surface area contributed by atoms with Crippen LogP contribution in [0.2, 0.25) is 0 Å². The summed E-state index contributed by atoms with van der Waals surface area (Å²) in [5, 5.41) is 0. The number of carbonyl (C=O) groups excluding carboxylic acids is 1. The van der Waals surface area contributed by atoms with E-state index in [-0.39, 0.29) is 11.0 Å². The zero-order chi connectivity index (χ0) is 19.9. The standard InChI is InChI=1S/C18H20F3N3O3/c1-10-8-13-14(9-11(10)2)24(17(26)15(22-13)18(19,20)21)12(3)16(25)23-4-6-27-7-5-23/h8-9,12H,4-7H2,1-3H3/t12-/m0/s1. The Hall–Kier alpha value is -2.42. The van der Waals surface area contributed by atoms with E-state index in [0.717, 1.165) is 15.7 Å². The summed E-state index contributed by atoms with van der Waals surface area (Å²) in [5.74, 6) is -0.417. The molecule has 0 saturated carbocycles. The van der Waals surface area contributed by atoms with E-state index in [1.807, 2.05) is 0 Å². The number of ether oxygens (including phenoxy) is 1. The van der Waals surface area contributed by atoms with Crippen LogP contribution in [0.4, 0.5) is 13.2 Å². The number of rotatable bonds is 2. The lowest BCUT2D eigenvalue weighted by molar-refractivity contribution is -0.143. The van der Waals surface area contributed by atoms with Crippen LogP contribution in [0.1, 0.15) is 29.8 Å². The quantitative estimate of drug-likeness (QED) is 0.799. The molecule has 1 aromatic heterocycles. The minimum atomic E-state index is -4.91. The molecule has 2 aromatic rings. The van der Waals surface area contributed by atoms with Gasteiger partial charge in [0.2, 0.25) is 11.6 Å². The van der Waals surface area contributed by atoms with E-state index in [1.54, 1.807) is 19.9 Å². The van der Waals surface area contributed by atoms with Crippen LogP contribution in [0.25, 0.3) is 11.0 Å².